The average Bonchev–Trinajstić information content (AvgIpc) is 3.03. The van der Waals surface area contributed by atoms with Crippen molar-refractivity contribution < 1.29 is 28.3 Å². The molecule has 0 spiro atoms. The number of carbonyl (C=O) groups excluding carboxylic acids is 4. The summed E-state index contributed by atoms with van der Waals surface area (Å²) in [5.74, 6) is -2.74. The first kappa shape index (κ1) is 19.7. The third kappa shape index (κ3) is 3.66. The summed E-state index contributed by atoms with van der Waals surface area (Å²) in [6.07, 6.45) is 4.95. The van der Waals surface area contributed by atoms with Crippen LogP contribution in [-0.4, -0.2) is 30.2 Å². The molecule has 7 heteroatoms. The van der Waals surface area contributed by atoms with E-state index < -0.39 is 24.2 Å². The van der Waals surface area contributed by atoms with E-state index in [1.807, 2.05) is 12.2 Å². The van der Waals surface area contributed by atoms with E-state index in [-0.39, 0.29) is 34.8 Å². The lowest BCUT2D eigenvalue weighted by atomic mass is 9.85. The normalized spacial score (nSPS) is 20.2. The largest absolute Gasteiger partial charge is 0.454 e. The second kappa shape index (κ2) is 8.02. The molecular weight excluding hydrogens is 389 g/mol. The molecule has 0 aromatic heterocycles. The van der Waals surface area contributed by atoms with Crippen LogP contribution in [0.2, 0.25) is 0 Å². The Morgan fingerprint density at radius 3 is 1.97 bits per heavy atom. The lowest BCUT2D eigenvalue weighted by Crippen LogP contribution is -2.30. The third-order valence-corrected chi connectivity index (χ3v) is 5.37. The predicted molar refractivity (Wildman–Crippen MR) is 105 cm³/mol. The van der Waals surface area contributed by atoms with Crippen LogP contribution in [0, 0.1) is 17.7 Å². The number of amides is 2. The molecule has 0 radical (unpaired) electrons. The first-order valence-electron chi connectivity index (χ1n) is 9.54. The fraction of sp³-hybridized carbons (Fsp3) is 0.217. The molecule has 0 saturated carbocycles. The van der Waals surface area contributed by atoms with Crippen molar-refractivity contribution in [2.45, 2.75) is 12.8 Å². The first-order chi connectivity index (χ1) is 14.5. The Bertz CT molecular complexity index is 1020. The number of anilines is 1. The Balaban J connectivity index is 1.40. The smallest absolute Gasteiger partial charge is 0.338 e. The molecule has 1 aliphatic heterocycles. The molecule has 1 heterocycles. The van der Waals surface area contributed by atoms with Crippen LogP contribution in [0.5, 0.6) is 0 Å². The van der Waals surface area contributed by atoms with Crippen molar-refractivity contribution in [3.63, 3.8) is 0 Å². The Labute approximate surface area is 171 Å². The van der Waals surface area contributed by atoms with Crippen LogP contribution >= 0.6 is 0 Å². The quantitative estimate of drug-likeness (QED) is 0.329. The van der Waals surface area contributed by atoms with E-state index in [4.69, 9.17) is 4.74 Å². The van der Waals surface area contributed by atoms with E-state index >= 15 is 0 Å². The summed E-state index contributed by atoms with van der Waals surface area (Å²) in [6, 6.07) is 10.9. The number of fused-ring (bicyclic) bond motifs is 1. The van der Waals surface area contributed by atoms with Gasteiger partial charge in [-0.3, -0.25) is 19.3 Å². The number of hydrogen-bond donors (Lipinski definition) is 0. The zero-order chi connectivity index (χ0) is 21.3. The lowest BCUT2D eigenvalue weighted by Gasteiger charge is -2.15. The van der Waals surface area contributed by atoms with Gasteiger partial charge < -0.3 is 4.74 Å². The minimum Gasteiger partial charge on any atom is -0.454 e. The van der Waals surface area contributed by atoms with Gasteiger partial charge in [0.25, 0.3) is 0 Å². The van der Waals surface area contributed by atoms with E-state index in [2.05, 4.69) is 0 Å². The van der Waals surface area contributed by atoms with Crippen LogP contribution in [0.4, 0.5) is 10.1 Å². The van der Waals surface area contributed by atoms with Crippen molar-refractivity contribution in [1.82, 2.24) is 0 Å². The predicted octanol–water partition coefficient (Wildman–Crippen LogP) is 3.32. The summed E-state index contributed by atoms with van der Waals surface area (Å²) in [5, 5.41) is 0. The van der Waals surface area contributed by atoms with E-state index in [1.165, 1.54) is 41.3 Å². The lowest BCUT2D eigenvalue weighted by molar-refractivity contribution is -0.122. The van der Waals surface area contributed by atoms with Gasteiger partial charge in [0.1, 0.15) is 5.82 Å². The van der Waals surface area contributed by atoms with Crippen molar-refractivity contribution in [2.24, 2.45) is 11.8 Å². The maximum atomic E-state index is 12.9. The second-order valence-electron chi connectivity index (χ2n) is 7.22. The zero-order valence-electron chi connectivity index (χ0n) is 15.9. The molecular formula is C23H18FNO5. The molecule has 2 atom stereocenters. The summed E-state index contributed by atoms with van der Waals surface area (Å²) in [4.78, 5) is 50.7. The van der Waals surface area contributed by atoms with Gasteiger partial charge in [0.2, 0.25) is 11.8 Å². The summed E-state index contributed by atoms with van der Waals surface area (Å²) in [6.45, 7) is -0.480. The summed E-state index contributed by atoms with van der Waals surface area (Å²) < 4.78 is 17.9. The highest BCUT2D eigenvalue weighted by Gasteiger charge is 2.47. The van der Waals surface area contributed by atoms with Gasteiger partial charge >= 0.3 is 5.97 Å². The number of carbonyl (C=O) groups is 4. The van der Waals surface area contributed by atoms with Gasteiger partial charge in [0.05, 0.1) is 23.1 Å². The topological polar surface area (TPSA) is 80.8 Å². The van der Waals surface area contributed by atoms with Crippen LogP contribution < -0.4 is 4.90 Å². The number of allylic oxidation sites excluding steroid dienone is 2. The number of hydrogen-bond acceptors (Lipinski definition) is 5. The van der Waals surface area contributed by atoms with E-state index in [0.717, 1.165) is 12.1 Å². The summed E-state index contributed by atoms with van der Waals surface area (Å²) in [7, 11) is 0. The van der Waals surface area contributed by atoms with Crippen molar-refractivity contribution in [2.75, 3.05) is 11.5 Å². The third-order valence-electron chi connectivity index (χ3n) is 5.37. The van der Waals surface area contributed by atoms with Crippen molar-refractivity contribution in [1.29, 1.82) is 0 Å². The molecule has 2 amide bonds. The number of esters is 1. The van der Waals surface area contributed by atoms with Gasteiger partial charge in [-0.05, 0) is 61.4 Å². The van der Waals surface area contributed by atoms with E-state index in [9.17, 15) is 23.6 Å². The van der Waals surface area contributed by atoms with Crippen molar-refractivity contribution in [3.8, 4) is 0 Å². The highest BCUT2D eigenvalue weighted by molar-refractivity contribution is 6.22. The Morgan fingerprint density at radius 1 is 0.867 bits per heavy atom. The minimum absolute atomic E-state index is 0.184. The van der Waals surface area contributed by atoms with E-state index in [0.29, 0.717) is 18.5 Å². The first-order valence-corrected chi connectivity index (χ1v) is 9.54. The molecule has 2 aromatic rings. The molecule has 1 aliphatic carbocycles. The number of rotatable bonds is 5. The van der Waals surface area contributed by atoms with Crippen molar-refractivity contribution >= 4 is 29.3 Å². The van der Waals surface area contributed by atoms with Gasteiger partial charge in [0, 0.05) is 5.56 Å². The molecule has 30 heavy (non-hydrogen) atoms. The molecule has 0 unspecified atom stereocenters. The average molecular weight is 407 g/mol. The van der Waals surface area contributed by atoms with Gasteiger partial charge in [-0.1, -0.05) is 12.2 Å². The van der Waals surface area contributed by atoms with E-state index in [1.54, 1.807) is 0 Å². The second-order valence-corrected chi connectivity index (χ2v) is 7.22. The highest BCUT2D eigenvalue weighted by atomic mass is 19.1. The maximum Gasteiger partial charge on any atom is 0.338 e. The standard InChI is InChI=1S/C23H18FNO5/c24-16-9-5-14(6-10-16)20(26)13-30-23(29)15-7-11-17(12-8-15)25-21(27)18-3-1-2-4-19(18)22(25)28/h1-2,5-12,18-19H,3-4,13H2/t18-,19+. The molecule has 6 nitrogen and oxygen atoms in total. The monoisotopic (exact) mass is 407 g/mol. The number of Topliss-reactive ketones (excluding diaryl/α,β-unsaturated/α-hetero) is 1. The van der Waals surface area contributed by atoms with Crippen LogP contribution in [-0.2, 0) is 14.3 Å². The van der Waals surface area contributed by atoms with Gasteiger partial charge in [-0.25, -0.2) is 9.18 Å². The van der Waals surface area contributed by atoms with Crippen LogP contribution in [0.15, 0.2) is 60.7 Å². The molecule has 152 valence electrons. The minimum atomic E-state index is -0.714. The molecule has 1 saturated heterocycles. The molecule has 1 fully saturated rings. The highest BCUT2D eigenvalue weighted by Crippen LogP contribution is 2.37. The number of ether oxygens (including phenoxy) is 1. The number of benzene rings is 2. The molecule has 0 N–H and O–H groups in total. The van der Waals surface area contributed by atoms with Crippen LogP contribution in [0.1, 0.15) is 33.6 Å². The van der Waals surface area contributed by atoms with Crippen LogP contribution in [0.25, 0.3) is 0 Å². The molecule has 0 bridgehead atoms. The number of halogens is 1. The fourth-order valence-electron chi connectivity index (χ4n) is 3.73. The van der Waals surface area contributed by atoms with Gasteiger partial charge in [-0.15, -0.1) is 0 Å². The summed E-state index contributed by atoms with van der Waals surface area (Å²) >= 11 is 0. The molecule has 2 aromatic carbocycles. The Hall–Kier alpha value is -3.61. The molecule has 4 rings (SSSR count). The number of imide groups is 1. The van der Waals surface area contributed by atoms with Crippen LogP contribution in [0.3, 0.4) is 0 Å². The summed E-state index contributed by atoms with van der Waals surface area (Å²) in [5.41, 5.74) is 0.823. The Kier molecular flexibility index (Phi) is 5.27. The number of ketones is 1. The zero-order valence-corrected chi connectivity index (χ0v) is 15.9. The Morgan fingerprint density at radius 2 is 1.40 bits per heavy atom. The number of nitrogens with zero attached hydrogens (tertiary/aromatic N) is 1. The SMILES string of the molecule is O=C(COC(=O)c1ccc(N2C(=O)[C@H]3CC=CC[C@H]3C2=O)cc1)c1ccc(F)cc1. The van der Waals surface area contributed by atoms with Crippen molar-refractivity contribution in [3.05, 3.63) is 77.6 Å². The van der Waals surface area contributed by atoms with Gasteiger partial charge in [0.15, 0.2) is 12.4 Å². The fourth-order valence-corrected chi connectivity index (χ4v) is 3.73. The van der Waals surface area contributed by atoms with Gasteiger partial charge in [-0.2, -0.15) is 0 Å². The molecule has 2 aliphatic rings. The maximum absolute atomic E-state index is 12.9.